The minimum atomic E-state index is -0.0860. The largest absolute Gasteiger partial charge is 0.357 e. The number of carbonyl (C=O) groups is 1. The quantitative estimate of drug-likeness (QED) is 0.618. The fourth-order valence-electron chi connectivity index (χ4n) is 3.61. The molecule has 0 bridgehead atoms. The highest BCUT2D eigenvalue weighted by atomic mass is 35.5. The number of hydrogen-bond donors (Lipinski definition) is 1. The van der Waals surface area contributed by atoms with Crippen molar-refractivity contribution in [2.45, 2.75) is 19.4 Å². The molecule has 0 aliphatic carbocycles. The molecule has 0 radical (unpaired) electrons. The first-order chi connectivity index (χ1) is 15.0. The van der Waals surface area contributed by atoms with Gasteiger partial charge >= 0.3 is 0 Å². The van der Waals surface area contributed by atoms with E-state index >= 15 is 0 Å². The van der Waals surface area contributed by atoms with Gasteiger partial charge in [-0.1, -0.05) is 29.3 Å². The van der Waals surface area contributed by atoms with E-state index in [-0.39, 0.29) is 11.8 Å². The number of carbonyl (C=O) groups excluding carboxylic acids is 1. The lowest BCUT2D eigenvalue weighted by molar-refractivity contribution is -0.120. The van der Waals surface area contributed by atoms with Crippen LogP contribution in [-0.4, -0.2) is 33.8 Å². The molecule has 1 aromatic carbocycles. The van der Waals surface area contributed by atoms with Crippen molar-refractivity contribution >= 4 is 40.7 Å². The number of aromatic nitrogens is 3. The van der Waals surface area contributed by atoms with Crippen molar-refractivity contribution in [3.63, 3.8) is 0 Å². The van der Waals surface area contributed by atoms with Crippen molar-refractivity contribution < 1.29 is 4.79 Å². The van der Waals surface area contributed by atoms with Gasteiger partial charge in [-0.15, -0.1) is 0 Å². The van der Waals surface area contributed by atoms with Gasteiger partial charge in [-0.3, -0.25) is 4.79 Å². The van der Waals surface area contributed by atoms with Gasteiger partial charge < -0.3 is 10.2 Å². The highest BCUT2D eigenvalue weighted by molar-refractivity contribution is 6.35. The van der Waals surface area contributed by atoms with Crippen LogP contribution in [0.15, 0.2) is 48.8 Å². The zero-order chi connectivity index (χ0) is 21.8. The van der Waals surface area contributed by atoms with Gasteiger partial charge in [0.15, 0.2) is 0 Å². The summed E-state index contributed by atoms with van der Waals surface area (Å²) < 4.78 is 1.71. The average Bonchev–Trinajstić information content (AvgIpc) is 3.22. The van der Waals surface area contributed by atoms with Crippen LogP contribution in [0.4, 0.5) is 11.6 Å². The van der Waals surface area contributed by atoms with Crippen LogP contribution in [0, 0.1) is 17.2 Å². The number of amides is 1. The maximum absolute atomic E-state index is 12.8. The number of nitriles is 1. The molecular weight excluding hydrogens is 435 g/mol. The Balaban J connectivity index is 1.35. The molecular formula is C22H20Cl2N6O. The van der Waals surface area contributed by atoms with Gasteiger partial charge in [0.05, 0.1) is 18.3 Å². The summed E-state index contributed by atoms with van der Waals surface area (Å²) in [5.41, 5.74) is 1.41. The van der Waals surface area contributed by atoms with E-state index in [0.29, 0.717) is 28.0 Å². The summed E-state index contributed by atoms with van der Waals surface area (Å²) in [5.74, 6) is 1.36. The minimum Gasteiger partial charge on any atom is -0.357 e. The van der Waals surface area contributed by atoms with E-state index in [4.69, 9.17) is 28.5 Å². The van der Waals surface area contributed by atoms with Crippen LogP contribution in [0.3, 0.4) is 0 Å². The molecule has 1 fully saturated rings. The first-order valence-corrected chi connectivity index (χ1v) is 10.7. The Hall–Kier alpha value is -3.08. The summed E-state index contributed by atoms with van der Waals surface area (Å²) in [6, 6.07) is 12.8. The molecule has 3 heterocycles. The van der Waals surface area contributed by atoms with Crippen LogP contribution < -0.4 is 10.2 Å². The van der Waals surface area contributed by atoms with Crippen LogP contribution in [0.2, 0.25) is 10.0 Å². The zero-order valence-electron chi connectivity index (χ0n) is 16.6. The lowest BCUT2D eigenvalue weighted by Gasteiger charge is -2.32. The van der Waals surface area contributed by atoms with Gasteiger partial charge in [0.2, 0.25) is 5.91 Å². The summed E-state index contributed by atoms with van der Waals surface area (Å²) in [5, 5.41) is 17.3. The Labute approximate surface area is 190 Å². The minimum absolute atomic E-state index is 0.0172. The van der Waals surface area contributed by atoms with E-state index < -0.39 is 0 Å². The van der Waals surface area contributed by atoms with Crippen LogP contribution >= 0.6 is 23.2 Å². The van der Waals surface area contributed by atoms with E-state index in [1.165, 1.54) is 0 Å². The smallest absolute Gasteiger partial charge is 0.228 e. The van der Waals surface area contributed by atoms with Gasteiger partial charge in [0.1, 0.15) is 17.7 Å². The van der Waals surface area contributed by atoms with E-state index in [1.54, 1.807) is 41.3 Å². The molecule has 1 N–H and O–H groups in total. The number of halogens is 2. The normalized spacial score (nSPS) is 14.3. The molecule has 158 valence electrons. The molecule has 4 rings (SSSR count). The van der Waals surface area contributed by atoms with E-state index in [1.807, 2.05) is 12.1 Å². The lowest BCUT2D eigenvalue weighted by atomic mass is 9.96. The molecule has 9 heteroatoms. The number of piperidine rings is 1. The molecule has 2 aromatic heterocycles. The molecule has 0 saturated carbocycles. The fourth-order valence-corrected chi connectivity index (χ4v) is 4.08. The predicted molar refractivity (Wildman–Crippen MR) is 120 cm³/mol. The highest BCUT2D eigenvalue weighted by Gasteiger charge is 2.26. The maximum Gasteiger partial charge on any atom is 0.228 e. The van der Waals surface area contributed by atoms with Crippen molar-refractivity contribution in [1.29, 1.82) is 5.26 Å². The van der Waals surface area contributed by atoms with Gasteiger partial charge in [0, 0.05) is 41.3 Å². The topological polar surface area (TPSA) is 86.8 Å². The van der Waals surface area contributed by atoms with Gasteiger partial charge in [-0.05, 0) is 42.7 Å². The van der Waals surface area contributed by atoms with Crippen molar-refractivity contribution in [2.75, 3.05) is 23.3 Å². The predicted octanol–water partition coefficient (Wildman–Crippen LogP) is 4.36. The summed E-state index contributed by atoms with van der Waals surface area (Å²) in [6.07, 6.45) is 4.68. The SMILES string of the molecule is N#Cc1ccc(N2CCC(C(=O)Nc3ccnn3Cc3ccc(Cl)cc3Cl)CC2)nc1. The first-order valence-electron chi connectivity index (χ1n) is 9.91. The van der Waals surface area contributed by atoms with Crippen LogP contribution in [-0.2, 0) is 11.3 Å². The average molecular weight is 455 g/mol. The number of nitrogens with one attached hydrogen (secondary N) is 1. The molecule has 0 unspecified atom stereocenters. The van der Waals surface area contributed by atoms with Crippen molar-refractivity contribution in [3.8, 4) is 6.07 Å². The Bertz CT molecular complexity index is 1110. The van der Waals surface area contributed by atoms with E-state index in [9.17, 15) is 4.79 Å². The Morgan fingerprint density at radius 2 is 2.00 bits per heavy atom. The molecule has 1 saturated heterocycles. The molecule has 1 amide bonds. The van der Waals surface area contributed by atoms with Crippen LogP contribution in [0.5, 0.6) is 0 Å². The second-order valence-electron chi connectivity index (χ2n) is 7.38. The Kier molecular flexibility index (Phi) is 6.40. The second kappa shape index (κ2) is 9.38. The Morgan fingerprint density at radius 3 is 2.68 bits per heavy atom. The molecule has 0 atom stereocenters. The third kappa shape index (κ3) is 4.98. The van der Waals surface area contributed by atoms with Crippen LogP contribution in [0.25, 0.3) is 0 Å². The molecule has 1 aliphatic heterocycles. The van der Waals surface area contributed by atoms with Gasteiger partial charge in [-0.25, -0.2) is 9.67 Å². The van der Waals surface area contributed by atoms with Gasteiger partial charge in [0.25, 0.3) is 0 Å². The molecule has 7 nitrogen and oxygen atoms in total. The lowest BCUT2D eigenvalue weighted by Crippen LogP contribution is -2.38. The van der Waals surface area contributed by atoms with E-state index in [2.05, 4.69) is 26.4 Å². The number of pyridine rings is 1. The number of anilines is 2. The molecule has 1 aliphatic rings. The third-order valence-electron chi connectivity index (χ3n) is 5.37. The molecule has 31 heavy (non-hydrogen) atoms. The number of benzene rings is 1. The number of nitrogens with zero attached hydrogens (tertiary/aromatic N) is 5. The molecule has 0 spiro atoms. The summed E-state index contributed by atoms with van der Waals surface area (Å²) in [7, 11) is 0. The number of rotatable bonds is 5. The monoisotopic (exact) mass is 454 g/mol. The highest BCUT2D eigenvalue weighted by Crippen LogP contribution is 2.25. The van der Waals surface area contributed by atoms with Crippen LogP contribution in [0.1, 0.15) is 24.0 Å². The fraction of sp³-hybridized carbons (Fsp3) is 0.273. The Morgan fingerprint density at radius 1 is 1.19 bits per heavy atom. The first kappa shape index (κ1) is 21.2. The summed E-state index contributed by atoms with van der Waals surface area (Å²) in [6.45, 7) is 1.90. The third-order valence-corrected chi connectivity index (χ3v) is 5.96. The standard InChI is InChI=1S/C22H20Cl2N6O/c23-18-3-2-17(19(24)11-18)14-30-21(5-8-27-30)28-22(31)16-6-9-29(10-7-16)20-4-1-15(12-25)13-26-20/h1-5,8,11,13,16H,6-7,9-10,14H2,(H,28,31). The van der Waals surface area contributed by atoms with Crippen molar-refractivity contribution in [1.82, 2.24) is 14.8 Å². The maximum atomic E-state index is 12.8. The van der Waals surface area contributed by atoms with Gasteiger partial charge in [-0.2, -0.15) is 10.4 Å². The summed E-state index contributed by atoms with van der Waals surface area (Å²) in [4.78, 5) is 19.3. The molecule has 3 aromatic rings. The second-order valence-corrected chi connectivity index (χ2v) is 8.22. The van der Waals surface area contributed by atoms with Crippen molar-refractivity contribution in [3.05, 3.63) is 70.0 Å². The zero-order valence-corrected chi connectivity index (χ0v) is 18.1. The van der Waals surface area contributed by atoms with Crippen molar-refractivity contribution in [2.24, 2.45) is 5.92 Å². The van der Waals surface area contributed by atoms with E-state index in [0.717, 1.165) is 37.3 Å². The number of hydrogen-bond acceptors (Lipinski definition) is 5. The summed E-state index contributed by atoms with van der Waals surface area (Å²) >= 11 is 12.2.